The highest BCUT2D eigenvalue weighted by atomic mass is 16.5. The van der Waals surface area contributed by atoms with Crippen LogP contribution in [0.2, 0.25) is 0 Å². The number of amides is 1. The molecule has 0 aliphatic heterocycles. The number of carbonyl (C=O) groups is 2. The number of nitrogens with zero attached hydrogens (tertiary/aromatic N) is 1. The Labute approximate surface area is 84.2 Å². The van der Waals surface area contributed by atoms with Gasteiger partial charge in [-0.25, -0.2) is 0 Å². The molecule has 0 aromatic carbocycles. The molecule has 0 aromatic heterocycles. The maximum atomic E-state index is 11.1. The molecule has 0 heterocycles. The molecule has 0 rings (SSSR count). The van der Waals surface area contributed by atoms with Crippen LogP contribution in [-0.4, -0.2) is 43.0 Å². The van der Waals surface area contributed by atoms with E-state index in [4.69, 9.17) is 10.5 Å². The first-order valence-electron chi connectivity index (χ1n) is 4.61. The number of carbonyl (C=O) groups excluding carboxylic acids is 2. The summed E-state index contributed by atoms with van der Waals surface area (Å²) in [6.45, 7) is 4.14. The molecule has 0 aliphatic carbocycles. The lowest BCUT2D eigenvalue weighted by Gasteiger charge is -2.22. The number of rotatable bonds is 6. The Morgan fingerprint density at radius 2 is 2.07 bits per heavy atom. The number of primary amides is 1. The Hall–Kier alpha value is -1.10. The predicted molar refractivity (Wildman–Crippen MR) is 52.5 cm³/mol. The Morgan fingerprint density at radius 1 is 1.50 bits per heavy atom. The highest BCUT2D eigenvalue weighted by molar-refractivity contribution is 5.76. The summed E-state index contributed by atoms with van der Waals surface area (Å²) >= 11 is 0. The summed E-state index contributed by atoms with van der Waals surface area (Å²) in [4.78, 5) is 23.4. The maximum absolute atomic E-state index is 11.1. The molecule has 1 amide bonds. The van der Waals surface area contributed by atoms with Crippen LogP contribution in [0.4, 0.5) is 0 Å². The molecular weight excluding hydrogens is 184 g/mol. The van der Waals surface area contributed by atoms with Crippen LogP contribution in [0.1, 0.15) is 20.3 Å². The molecule has 0 saturated heterocycles. The molecule has 0 radical (unpaired) electrons. The molecule has 14 heavy (non-hydrogen) atoms. The van der Waals surface area contributed by atoms with Crippen molar-refractivity contribution in [2.45, 2.75) is 26.3 Å². The van der Waals surface area contributed by atoms with Crippen molar-refractivity contribution in [1.82, 2.24) is 4.90 Å². The molecule has 0 saturated carbocycles. The predicted octanol–water partition coefficient (Wildman–Crippen LogP) is -0.255. The fraction of sp³-hybridized carbons (Fsp3) is 0.778. The van der Waals surface area contributed by atoms with Crippen LogP contribution >= 0.6 is 0 Å². The van der Waals surface area contributed by atoms with Gasteiger partial charge in [-0.3, -0.25) is 14.5 Å². The summed E-state index contributed by atoms with van der Waals surface area (Å²) < 4.78 is 4.79. The largest absolute Gasteiger partial charge is 0.466 e. The van der Waals surface area contributed by atoms with Gasteiger partial charge in [-0.1, -0.05) is 0 Å². The zero-order valence-electron chi connectivity index (χ0n) is 8.95. The van der Waals surface area contributed by atoms with Gasteiger partial charge in [0.2, 0.25) is 5.91 Å². The number of ether oxygens (including phenoxy) is 1. The van der Waals surface area contributed by atoms with Crippen LogP contribution in [0.5, 0.6) is 0 Å². The van der Waals surface area contributed by atoms with Crippen molar-refractivity contribution in [3.05, 3.63) is 0 Å². The molecular formula is C9H18N2O3. The standard InChI is InChI=1S/C9H18N2O3/c1-4-14-9(13)5-7(2)11(3)6-8(10)12/h7H,4-6H2,1-3H3,(H2,10,12). The third-order valence-electron chi connectivity index (χ3n) is 1.93. The highest BCUT2D eigenvalue weighted by Crippen LogP contribution is 2.01. The molecule has 5 heteroatoms. The van der Waals surface area contributed by atoms with Crippen molar-refractivity contribution < 1.29 is 14.3 Å². The highest BCUT2D eigenvalue weighted by Gasteiger charge is 2.15. The lowest BCUT2D eigenvalue weighted by molar-refractivity contribution is -0.144. The van der Waals surface area contributed by atoms with Crippen LogP contribution in [0, 0.1) is 0 Å². The van der Waals surface area contributed by atoms with Crippen molar-refractivity contribution >= 4 is 11.9 Å². The Bertz CT molecular complexity index is 206. The molecule has 0 bridgehead atoms. The Morgan fingerprint density at radius 3 is 2.50 bits per heavy atom. The van der Waals surface area contributed by atoms with E-state index in [0.29, 0.717) is 6.61 Å². The first-order valence-corrected chi connectivity index (χ1v) is 4.61. The first-order chi connectivity index (χ1) is 6.47. The minimum Gasteiger partial charge on any atom is -0.466 e. The second kappa shape index (κ2) is 6.37. The SMILES string of the molecule is CCOC(=O)CC(C)N(C)CC(N)=O. The average molecular weight is 202 g/mol. The van der Waals surface area contributed by atoms with Crippen LogP contribution in [0.3, 0.4) is 0 Å². The molecule has 82 valence electrons. The van der Waals surface area contributed by atoms with Crippen molar-refractivity contribution in [2.24, 2.45) is 5.73 Å². The van der Waals surface area contributed by atoms with Gasteiger partial charge in [0, 0.05) is 6.04 Å². The van der Waals surface area contributed by atoms with E-state index in [1.807, 2.05) is 6.92 Å². The maximum Gasteiger partial charge on any atom is 0.307 e. The summed E-state index contributed by atoms with van der Waals surface area (Å²) in [5.41, 5.74) is 5.02. The fourth-order valence-electron chi connectivity index (χ4n) is 1.02. The second-order valence-electron chi connectivity index (χ2n) is 3.24. The molecule has 2 N–H and O–H groups in total. The van der Waals surface area contributed by atoms with Gasteiger partial charge in [0.1, 0.15) is 0 Å². The fourth-order valence-corrected chi connectivity index (χ4v) is 1.02. The van der Waals surface area contributed by atoms with E-state index in [1.165, 1.54) is 0 Å². The number of nitrogens with two attached hydrogens (primary N) is 1. The quantitative estimate of drug-likeness (QED) is 0.602. The van der Waals surface area contributed by atoms with E-state index in [-0.39, 0.29) is 25.0 Å². The van der Waals surface area contributed by atoms with Gasteiger partial charge >= 0.3 is 5.97 Å². The summed E-state index contributed by atoms with van der Waals surface area (Å²) in [7, 11) is 1.74. The summed E-state index contributed by atoms with van der Waals surface area (Å²) in [6.07, 6.45) is 0.275. The van der Waals surface area contributed by atoms with Crippen molar-refractivity contribution in [1.29, 1.82) is 0 Å². The van der Waals surface area contributed by atoms with Gasteiger partial charge in [-0.2, -0.15) is 0 Å². The van der Waals surface area contributed by atoms with Crippen LogP contribution < -0.4 is 5.73 Å². The van der Waals surface area contributed by atoms with Gasteiger partial charge in [-0.15, -0.1) is 0 Å². The van der Waals surface area contributed by atoms with Crippen LogP contribution in [0.15, 0.2) is 0 Å². The van der Waals surface area contributed by atoms with E-state index in [2.05, 4.69) is 0 Å². The Kier molecular flexibility index (Phi) is 5.87. The lowest BCUT2D eigenvalue weighted by Crippen LogP contribution is -2.38. The summed E-state index contributed by atoms with van der Waals surface area (Å²) in [5.74, 6) is -0.653. The minimum atomic E-state index is -0.400. The van der Waals surface area contributed by atoms with Gasteiger partial charge < -0.3 is 10.5 Å². The molecule has 0 spiro atoms. The molecule has 5 nitrogen and oxygen atoms in total. The molecule has 0 aromatic rings. The first kappa shape index (κ1) is 12.9. The second-order valence-corrected chi connectivity index (χ2v) is 3.24. The third kappa shape index (κ3) is 5.53. The average Bonchev–Trinajstić information content (AvgIpc) is 2.02. The monoisotopic (exact) mass is 202 g/mol. The normalized spacial score (nSPS) is 12.6. The van der Waals surface area contributed by atoms with Crippen molar-refractivity contribution in [3.8, 4) is 0 Å². The zero-order chi connectivity index (χ0) is 11.1. The van der Waals surface area contributed by atoms with Gasteiger partial charge in [-0.05, 0) is 20.9 Å². The van der Waals surface area contributed by atoms with Gasteiger partial charge in [0.15, 0.2) is 0 Å². The molecule has 0 fully saturated rings. The topological polar surface area (TPSA) is 72.6 Å². The van der Waals surface area contributed by atoms with E-state index >= 15 is 0 Å². The minimum absolute atomic E-state index is 0.0402. The van der Waals surface area contributed by atoms with Crippen molar-refractivity contribution in [3.63, 3.8) is 0 Å². The third-order valence-corrected chi connectivity index (χ3v) is 1.93. The number of hydrogen-bond donors (Lipinski definition) is 1. The smallest absolute Gasteiger partial charge is 0.307 e. The van der Waals surface area contributed by atoms with E-state index in [1.54, 1.807) is 18.9 Å². The van der Waals surface area contributed by atoms with Crippen LogP contribution in [-0.2, 0) is 14.3 Å². The number of likely N-dealkylation sites (N-methyl/N-ethyl adjacent to an activating group) is 1. The lowest BCUT2D eigenvalue weighted by atomic mass is 10.2. The van der Waals surface area contributed by atoms with Gasteiger partial charge in [0.05, 0.1) is 19.6 Å². The summed E-state index contributed by atoms with van der Waals surface area (Å²) in [6, 6.07) is -0.0402. The molecule has 1 unspecified atom stereocenters. The summed E-state index contributed by atoms with van der Waals surface area (Å²) in [5, 5.41) is 0. The van der Waals surface area contributed by atoms with E-state index in [9.17, 15) is 9.59 Å². The zero-order valence-corrected chi connectivity index (χ0v) is 8.95. The molecule has 0 aliphatic rings. The van der Waals surface area contributed by atoms with E-state index < -0.39 is 5.91 Å². The van der Waals surface area contributed by atoms with Gasteiger partial charge in [0.25, 0.3) is 0 Å². The number of esters is 1. The van der Waals surface area contributed by atoms with Crippen LogP contribution in [0.25, 0.3) is 0 Å². The van der Waals surface area contributed by atoms with Crippen molar-refractivity contribution in [2.75, 3.05) is 20.2 Å². The van der Waals surface area contributed by atoms with E-state index in [0.717, 1.165) is 0 Å². The Balaban J connectivity index is 3.87. The molecule has 1 atom stereocenters. The number of hydrogen-bond acceptors (Lipinski definition) is 4.